The van der Waals surface area contributed by atoms with Crippen molar-refractivity contribution in [3.63, 3.8) is 0 Å². The maximum absolute atomic E-state index is 14.1. The SMILES string of the molecule is CCN.CNc1nnc(-c2ccc(C(F)(F)F)cc2C(F)(F)F)c2c(F)ccn12. The van der Waals surface area contributed by atoms with Crippen LogP contribution in [0.5, 0.6) is 0 Å². The Hall–Kier alpha value is -2.89. The monoisotopic (exact) mass is 423 g/mol. The number of anilines is 1. The Morgan fingerprint density at radius 1 is 1.03 bits per heavy atom. The summed E-state index contributed by atoms with van der Waals surface area (Å²) < 4.78 is 93.7. The predicted octanol–water partition coefficient (Wildman–Crippen LogP) is 4.58. The van der Waals surface area contributed by atoms with Gasteiger partial charge in [-0.3, -0.25) is 4.40 Å². The van der Waals surface area contributed by atoms with E-state index in [1.165, 1.54) is 13.2 Å². The Bertz CT molecular complexity index is 992. The first-order chi connectivity index (χ1) is 13.5. The highest BCUT2D eigenvalue weighted by Gasteiger charge is 2.39. The number of aromatic nitrogens is 3. The molecule has 0 atom stereocenters. The van der Waals surface area contributed by atoms with E-state index in [-0.39, 0.29) is 17.5 Å². The predicted molar refractivity (Wildman–Crippen MR) is 92.7 cm³/mol. The Kier molecular flexibility index (Phi) is 6.36. The van der Waals surface area contributed by atoms with Crippen molar-refractivity contribution in [1.29, 1.82) is 0 Å². The third-order valence-electron chi connectivity index (χ3n) is 3.67. The Morgan fingerprint density at radius 3 is 2.17 bits per heavy atom. The summed E-state index contributed by atoms with van der Waals surface area (Å²) >= 11 is 0. The number of benzene rings is 1. The molecule has 0 aliphatic rings. The van der Waals surface area contributed by atoms with Gasteiger partial charge in [-0.1, -0.05) is 13.0 Å². The van der Waals surface area contributed by atoms with Gasteiger partial charge in [0.2, 0.25) is 5.95 Å². The minimum Gasteiger partial charge on any atom is -0.357 e. The standard InChI is InChI=1S/C15H9F7N4.C2H7N/c1-23-13-25-24-11(12-10(16)4-5-26(12)13)8-3-2-7(14(17,18)19)6-9(8)15(20,21)22;1-2-3/h2-6H,1H3,(H,23,25);2-3H2,1H3. The average Bonchev–Trinajstić information content (AvgIpc) is 3.02. The maximum atomic E-state index is 14.1. The maximum Gasteiger partial charge on any atom is 0.417 e. The van der Waals surface area contributed by atoms with Gasteiger partial charge in [-0.05, 0) is 24.7 Å². The molecule has 3 rings (SSSR count). The molecule has 0 spiro atoms. The number of halogens is 7. The summed E-state index contributed by atoms with van der Waals surface area (Å²) in [5.74, 6) is -0.840. The zero-order chi connectivity index (χ0) is 22.0. The van der Waals surface area contributed by atoms with Crippen LogP contribution in [0.1, 0.15) is 18.1 Å². The number of fused-ring (bicyclic) bond motifs is 1. The first kappa shape index (κ1) is 22.4. The van der Waals surface area contributed by atoms with Gasteiger partial charge in [0.15, 0.2) is 5.82 Å². The molecule has 0 fully saturated rings. The summed E-state index contributed by atoms with van der Waals surface area (Å²) in [6, 6.07) is 2.05. The van der Waals surface area contributed by atoms with Crippen molar-refractivity contribution in [2.75, 3.05) is 18.9 Å². The van der Waals surface area contributed by atoms with Crippen molar-refractivity contribution in [1.82, 2.24) is 14.6 Å². The van der Waals surface area contributed by atoms with Gasteiger partial charge in [-0.25, -0.2) is 4.39 Å². The number of hydrogen-bond donors (Lipinski definition) is 2. The lowest BCUT2D eigenvalue weighted by Crippen LogP contribution is -2.13. The fourth-order valence-electron chi connectivity index (χ4n) is 2.52. The minimum absolute atomic E-state index is 0.0274. The third-order valence-corrected chi connectivity index (χ3v) is 3.67. The Labute approximate surface area is 160 Å². The van der Waals surface area contributed by atoms with Crippen LogP contribution in [-0.4, -0.2) is 28.2 Å². The zero-order valence-corrected chi connectivity index (χ0v) is 15.2. The average molecular weight is 423 g/mol. The highest BCUT2D eigenvalue weighted by atomic mass is 19.4. The van der Waals surface area contributed by atoms with Crippen LogP contribution in [0.4, 0.5) is 36.7 Å². The number of rotatable bonds is 2. The molecule has 2 aromatic heterocycles. The van der Waals surface area contributed by atoms with Crippen LogP contribution in [0.25, 0.3) is 16.8 Å². The van der Waals surface area contributed by atoms with E-state index in [2.05, 4.69) is 15.5 Å². The molecule has 0 amide bonds. The summed E-state index contributed by atoms with van der Waals surface area (Å²) in [7, 11) is 1.44. The normalized spacial score (nSPS) is 11.9. The Balaban J connectivity index is 0.000000941. The third kappa shape index (κ3) is 4.58. The molecule has 0 aliphatic carbocycles. The van der Waals surface area contributed by atoms with Crippen LogP contribution in [0, 0.1) is 5.82 Å². The second-order valence-electron chi connectivity index (χ2n) is 5.67. The lowest BCUT2D eigenvalue weighted by Gasteiger charge is -2.16. The number of nitrogens with two attached hydrogens (primary N) is 1. The first-order valence-electron chi connectivity index (χ1n) is 8.15. The van der Waals surface area contributed by atoms with Gasteiger partial charge in [-0.2, -0.15) is 26.3 Å². The molecule has 0 unspecified atom stereocenters. The van der Waals surface area contributed by atoms with Crippen LogP contribution in [0.15, 0.2) is 30.5 Å². The molecule has 0 aliphatic heterocycles. The summed E-state index contributed by atoms with van der Waals surface area (Å²) in [4.78, 5) is 0. The van der Waals surface area contributed by atoms with Crippen molar-refractivity contribution >= 4 is 11.5 Å². The first-order valence-corrected chi connectivity index (χ1v) is 8.15. The van der Waals surface area contributed by atoms with Gasteiger partial charge in [0.1, 0.15) is 11.2 Å². The van der Waals surface area contributed by atoms with Gasteiger partial charge in [-0.15, -0.1) is 10.2 Å². The molecule has 3 N–H and O–H groups in total. The number of hydrogen-bond acceptors (Lipinski definition) is 4. The lowest BCUT2D eigenvalue weighted by atomic mass is 10.00. The van der Waals surface area contributed by atoms with Gasteiger partial charge in [0.05, 0.1) is 11.1 Å². The fraction of sp³-hybridized carbons (Fsp3) is 0.294. The van der Waals surface area contributed by atoms with Gasteiger partial charge < -0.3 is 11.1 Å². The van der Waals surface area contributed by atoms with E-state index in [0.717, 1.165) is 17.0 Å². The second kappa shape index (κ2) is 8.23. The highest BCUT2D eigenvalue weighted by molar-refractivity contribution is 5.80. The van der Waals surface area contributed by atoms with E-state index in [1.807, 2.05) is 6.92 Å². The summed E-state index contributed by atoms with van der Waals surface area (Å²) in [5, 5.41) is 9.83. The second-order valence-corrected chi connectivity index (χ2v) is 5.67. The zero-order valence-electron chi connectivity index (χ0n) is 15.2. The lowest BCUT2D eigenvalue weighted by molar-refractivity contribution is -0.142. The van der Waals surface area contributed by atoms with E-state index in [4.69, 9.17) is 5.73 Å². The number of nitrogens with one attached hydrogen (secondary N) is 1. The molecular formula is C17H16F7N5. The summed E-state index contributed by atoms with van der Waals surface area (Å²) in [6.45, 7) is 2.65. The van der Waals surface area contributed by atoms with E-state index < -0.39 is 40.6 Å². The molecule has 29 heavy (non-hydrogen) atoms. The molecule has 0 saturated heterocycles. The van der Waals surface area contributed by atoms with Crippen molar-refractivity contribution in [3.05, 3.63) is 47.4 Å². The summed E-state index contributed by atoms with van der Waals surface area (Å²) in [6.07, 6.45) is -8.86. The molecule has 0 saturated carbocycles. The molecule has 1 aromatic carbocycles. The van der Waals surface area contributed by atoms with Crippen LogP contribution in [-0.2, 0) is 12.4 Å². The molecule has 0 radical (unpaired) electrons. The molecule has 0 bridgehead atoms. The van der Waals surface area contributed by atoms with Crippen molar-refractivity contribution in [2.24, 2.45) is 5.73 Å². The number of nitrogens with zero attached hydrogens (tertiary/aromatic N) is 3. The van der Waals surface area contributed by atoms with Gasteiger partial charge in [0.25, 0.3) is 0 Å². The van der Waals surface area contributed by atoms with Crippen LogP contribution < -0.4 is 11.1 Å². The fourth-order valence-corrected chi connectivity index (χ4v) is 2.52. The van der Waals surface area contributed by atoms with Gasteiger partial charge >= 0.3 is 12.4 Å². The summed E-state index contributed by atoms with van der Waals surface area (Å²) in [5.41, 5.74) is 0.229. The quantitative estimate of drug-likeness (QED) is 0.593. The molecule has 158 valence electrons. The van der Waals surface area contributed by atoms with E-state index >= 15 is 0 Å². The highest BCUT2D eigenvalue weighted by Crippen LogP contribution is 2.41. The van der Waals surface area contributed by atoms with Gasteiger partial charge in [0, 0.05) is 18.8 Å². The van der Waals surface area contributed by atoms with E-state index in [1.54, 1.807) is 0 Å². The van der Waals surface area contributed by atoms with Crippen LogP contribution in [0.3, 0.4) is 0 Å². The molecule has 12 heteroatoms. The van der Waals surface area contributed by atoms with Crippen LogP contribution >= 0.6 is 0 Å². The molecule has 5 nitrogen and oxygen atoms in total. The smallest absolute Gasteiger partial charge is 0.357 e. The van der Waals surface area contributed by atoms with Crippen molar-refractivity contribution in [3.8, 4) is 11.3 Å². The van der Waals surface area contributed by atoms with E-state index in [9.17, 15) is 30.7 Å². The van der Waals surface area contributed by atoms with Crippen molar-refractivity contribution < 1.29 is 30.7 Å². The topological polar surface area (TPSA) is 68.2 Å². The van der Waals surface area contributed by atoms with Crippen LogP contribution in [0.2, 0.25) is 0 Å². The molecule has 2 heterocycles. The minimum atomic E-state index is -5.11. The molecule has 3 aromatic rings. The molecular weight excluding hydrogens is 407 g/mol. The largest absolute Gasteiger partial charge is 0.417 e. The Morgan fingerprint density at radius 2 is 1.66 bits per heavy atom. The van der Waals surface area contributed by atoms with Crippen molar-refractivity contribution in [2.45, 2.75) is 19.3 Å². The van der Waals surface area contributed by atoms with E-state index in [0.29, 0.717) is 12.1 Å². The number of alkyl halides is 6.